The van der Waals surface area contributed by atoms with Gasteiger partial charge in [0.15, 0.2) is 0 Å². The van der Waals surface area contributed by atoms with Gasteiger partial charge in [-0.3, -0.25) is 9.80 Å². The molecule has 5 amide bonds. The molecule has 0 aliphatic carbocycles. The zero-order valence-electron chi connectivity index (χ0n) is 29.4. The van der Waals surface area contributed by atoms with Crippen LogP contribution in [-0.4, -0.2) is 139 Å². The van der Waals surface area contributed by atoms with Crippen LogP contribution >= 0.6 is 46.4 Å². The van der Waals surface area contributed by atoms with Crippen LogP contribution in [0, 0.1) is 0 Å². The zero-order valence-corrected chi connectivity index (χ0v) is 32.4. The van der Waals surface area contributed by atoms with Crippen LogP contribution in [0.5, 0.6) is 0 Å². The molecule has 2 aromatic carbocycles. The van der Waals surface area contributed by atoms with E-state index in [9.17, 15) is 14.4 Å². The third-order valence-corrected chi connectivity index (χ3v) is 10.9. The average molecular weight is 787 g/mol. The summed E-state index contributed by atoms with van der Waals surface area (Å²) in [6.07, 6.45) is 1.88. The highest BCUT2D eigenvalue weighted by Gasteiger charge is 2.35. The molecule has 0 saturated carbocycles. The van der Waals surface area contributed by atoms with E-state index < -0.39 is 5.60 Å². The van der Waals surface area contributed by atoms with Crippen LogP contribution in [0.2, 0.25) is 20.1 Å². The van der Waals surface area contributed by atoms with E-state index in [2.05, 4.69) is 25.8 Å². The second kappa shape index (κ2) is 17.9. The minimum absolute atomic E-state index is 0.0809. The number of urea groups is 2. The Bertz CT molecular complexity index is 1520. The normalized spacial score (nSPS) is 21.6. The van der Waals surface area contributed by atoms with Gasteiger partial charge >= 0.3 is 18.2 Å². The molecule has 4 heterocycles. The molecule has 51 heavy (non-hydrogen) atoms. The molecule has 16 heteroatoms. The van der Waals surface area contributed by atoms with E-state index in [1.54, 1.807) is 46.2 Å². The number of carbonyl (C=O) groups is 3. The summed E-state index contributed by atoms with van der Waals surface area (Å²) >= 11 is 23.8. The monoisotopic (exact) mass is 784 g/mol. The van der Waals surface area contributed by atoms with E-state index >= 15 is 0 Å². The number of rotatable bonds is 4. The molecular weight excluding hydrogens is 738 g/mol. The van der Waals surface area contributed by atoms with E-state index in [0.717, 1.165) is 58.8 Å². The number of anilines is 2. The number of hydrogen-bond donors (Lipinski definition) is 3. The van der Waals surface area contributed by atoms with Gasteiger partial charge < -0.3 is 35.4 Å². The van der Waals surface area contributed by atoms with Gasteiger partial charge in [0.1, 0.15) is 5.60 Å². The van der Waals surface area contributed by atoms with Crippen LogP contribution in [0.1, 0.15) is 33.6 Å². The molecule has 3 N–H and O–H groups in total. The number of carbonyl (C=O) groups excluding carboxylic acids is 3. The van der Waals surface area contributed by atoms with Crippen molar-refractivity contribution >= 4 is 75.9 Å². The molecule has 4 aliphatic heterocycles. The summed E-state index contributed by atoms with van der Waals surface area (Å²) in [6.45, 7) is 15.4. The van der Waals surface area contributed by atoms with Crippen LogP contribution in [0.15, 0.2) is 36.4 Å². The van der Waals surface area contributed by atoms with Gasteiger partial charge in [-0.25, -0.2) is 14.4 Å². The third kappa shape index (κ3) is 11.4. The first-order chi connectivity index (χ1) is 24.3. The number of amides is 5. The highest BCUT2D eigenvalue weighted by atomic mass is 35.5. The lowest BCUT2D eigenvalue weighted by atomic mass is 10.2. The minimum atomic E-state index is -0.484. The predicted molar refractivity (Wildman–Crippen MR) is 205 cm³/mol. The number of hydrogen-bond acceptors (Lipinski definition) is 7. The fourth-order valence-electron chi connectivity index (χ4n) is 6.62. The van der Waals surface area contributed by atoms with Crippen molar-refractivity contribution in [1.82, 2.24) is 29.8 Å². The van der Waals surface area contributed by atoms with Crippen molar-refractivity contribution in [2.75, 3.05) is 89.2 Å². The number of nitrogens with one attached hydrogen (secondary N) is 3. The maximum absolute atomic E-state index is 12.5. The number of piperazine rings is 2. The van der Waals surface area contributed by atoms with Crippen molar-refractivity contribution in [1.29, 1.82) is 0 Å². The standard InChI is InChI=1S/C20H28Cl2N4O3.C15H20Cl2N4O/c1-20(2,3)29-19(28)26-7-6-15(13-26)24-8-10-25(11-9-24)18(27)23-14-4-5-16(21)17(22)12-14;16-13-2-1-11(9-14(13)17)19-15(22)21-7-5-20(6-8-21)12-3-4-18-10-12/h4-5,12,15H,6-11,13H2,1-3H3,(H,23,27);1-2,9,12,18H,3-8,10H2,(H,19,22). The molecule has 2 unspecified atom stereocenters. The predicted octanol–water partition coefficient (Wildman–Crippen LogP) is 6.66. The SMILES string of the molecule is CC(C)(C)OC(=O)N1CCC(N2CCN(C(=O)Nc3ccc(Cl)c(Cl)c3)CC2)C1.O=C(Nc1ccc(Cl)c(Cl)c1)N1CCN(C2CCNC2)CC1. The first kappa shape index (κ1) is 39.5. The fourth-order valence-corrected chi connectivity index (χ4v) is 7.21. The van der Waals surface area contributed by atoms with E-state index in [1.807, 2.05) is 25.7 Å². The van der Waals surface area contributed by atoms with E-state index in [1.165, 1.54) is 6.42 Å². The Labute approximate surface area is 320 Å². The topological polar surface area (TPSA) is 113 Å². The number of likely N-dealkylation sites (tertiary alicyclic amines) is 1. The Hall–Kier alpha value is -2.71. The first-order valence-electron chi connectivity index (χ1n) is 17.4. The quantitative estimate of drug-likeness (QED) is 0.318. The number of ether oxygens (including phenoxy) is 1. The second-order valence-electron chi connectivity index (χ2n) is 14.2. The molecular formula is C35H48Cl4N8O4. The summed E-state index contributed by atoms with van der Waals surface area (Å²) in [7, 11) is 0. The lowest BCUT2D eigenvalue weighted by Gasteiger charge is -2.37. The maximum atomic E-state index is 12.5. The van der Waals surface area contributed by atoms with Gasteiger partial charge in [-0.2, -0.15) is 0 Å². The Balaban J connectivity index is 0.000000205. The van der Waals surface area contributed by atoms with Gasteiger partial charge in [-0.05, 0) is 76.6 Å². The Kier molecular flexibility index (Phi) is 13.8. The molecule has 0 aromatic heterocycles. The summed E-state index contributed by atoms with van der Waals surface area (Å²) in [5.74, 6) is 0. The smallest absolute Gasteiger partial charge is 0.410 e. The van der Waals surface area contributed by atoms with Crippen molar-refractivity contribution in [3.63, 3.8) is 0 Å². The molecule has 280 valence electrons. The highest BCUT2D eigenvalue weighted by Crippen LogP contribution is 2.27. The molecule has 4 saturated heterocycles. The fraction of sp³-hybridized carbons (Fsp3) is 0.571. The second-order valence-corrected chi connectivity index (χ2v) is 15.8. The Morgan fingerprint density at radius 2 is 1.16 bits per heavy atom. The zero-order chi connectivity index (χ0) is 36.7. The summed E-state index contributed by atoms with van der Waals surface area (Å²) in [5.41, 5.74) is 0.806. The van der Waals surface area contributed by atoms with Crippen LogP contribution in [0.4, 0.5) is 25.8 Å². The van der Waals surface area contributed by atoms with Crippen molar-refractivity contribution in [2.45, 2.75) is 51.3 Å². The van der Waals surface area contributed by atoms with E-state index in [0.29, 0.717) is 69.7 Å². The minimum Gasteiger partial charge on any atom is -0.444 e. The maximum Gasteiger partial charge on any atom is 0.410 e. The number of nitrogens with zero attached hydrogens (tertiary/aromatic N) is 5. The van der Waals surface area contributed by atoms with Crippen molar-refractivity contribution in [2.24, 2.45) is 0 Å². The number of halogens is 4. The Morgan fingerprint density at radius 3 is 1.59 bits per heavy atom. The van der Waals surface area contributed by atoms with Gasteiger partial charge in [-0.1, -0.05) is 46.4 Å². The number of benzene rings is 2. The van der Waals surface area contributed by atoms with Crippen LogP contribution < -0.4 is 16.0 Å². The summed E-state index contributed by atoms with van der Waals surface area (Å²) in [5, 5.41) is 10.9. The molecule has 0 bridgehead atoms. The van der Waals surface area contributed by atoms with Crippen molar-refractivity contribution in [3.8, 4) is 0 Å². The third-order valence-electron chi connectivity index (χ3n) is 9.43. The van der Waals surface area contributed by atoms with Crippen molar-refractivity contribution < 1.29 is 19.1 Å². The molecule has 2 aromatic rings. The molecule has 0 radical (unpaired) electrons. The summed E-state index contributed by atoms with van der Waals surface area (Å²) < 4.78 is 5.47. The van der Waals surface area contributed by atoms with Gasteiger partial charge in [0, 0.05) is 95.5 Å². The van der Waals surface area contributed by atoms with Crippen LogP contribution in [-0.2, 0) is 4.74 Å². The molecule has 0 spiro atoms. The molecule has 4 fully saturated rings. The summed E-state index contributed by atoms with van der Waals surface area (Å²) in [6, 6.07) is 10.8. The first-order valence-corrected chi connectivity index (χ1v) is 19.0. The lowest BCUT2D eigenvalue weighted by molar-refractivity contribution is 0.0274. The molecule has 12 nitrogen and oxygen atoms in total. The average Bonchev–Trinajstić information content (AvgIpc) is 3.82. The van der Waals surface area contributed by atoms with E-state index in [4.69, 9.17) is 51.1 Å². The Morgan fingerprint density at radius 1 is 0.667 bits per heavy atom. The largest absolute Gasteiger partial charge is 0.444 e. The van der Waals surface area contributed by atoms with Crippen LogP contribution in [0.25, 0.3) is 0 Å². The van der Waals surface area contributed by atoms with Crippen molar-refractivity contribution in [3.05, 3.63) is 56.5 Å². The molecule has 2 atom stereocenters. The van der Waals surface area contributed by atoms with Crippen LogP contribution in [0.3, 0.4) is 0 Å². The molecule has 4 aliphatic rings. The van der Waals surface area contributed by atoms with Gasteiger partial charge in [0.25, 0.3) is 0 Å². The van der Waals surface area contributed by atoms with Gasteiger partial charge in [0.05, 0.1) is 20.1 Å². The molecule has 6 rings (SSSR count). The highest BCUT2D eigenvalue weighted by molar-refractivity contribution is 6.42. The lowest BCUT2D eigenvalue weighted by Crippen LogP contribution is -2.53. The van der Waals surface area contributed by atoms with Gasteiger partial charge in [-0.15, -0.1) is 0 Å². The van der Waals surface area contributed by atoms with E-state index in [-0.39, 0.29) is 18.2 Å². The van der Waals surface area contributed by atoms with Gasteiger partial charge in [0.2, 0.25) is 0 Å². The summed E-state index contributed by atoms with van der Waals surface area (Å²) in [4.78, 5) is 47.3.